The topological polar surface area (TPSA) is 80.9 Å². The fourth-order valence-electron chi connectivity index (χ4n) is 2.57. The number of carboxylic acids is 1. The Hall–Kier alpha value is -1.46. The van der Waals surface area contributed by atoms with Gasteiger partial charge in [0.1, 0.15) is 0 Å². The number of aliphatic carboxylic acids is 1. The van der Waals surface area contributed by atoms with E-state index in [1.807, 2.05) is 0 Å². The van der Waals surface area contributed by atoms with Crippen LogP contribution in [-0.4, -0.2) is 31.3 Å². The number of rotatable bonds is 3. The standard InChI is InChI=1S/C12H20N4O2/c1-11(2)4-6-12(7-5-11,10(17)18)8-9-13-15-16(3)14-9/h4-8H2,1-3H3,(H,17,18). The van der Waals surface area contributed by atoms with E-state index >= 15 is 0 Å². The Kier molecular flexibility index (Phi) is 3.12. The van der Waals surface area contributed by atoms with Gasteiger partial charge in [-0.1, -0.05) is 13.8 Å². The molecule has 1 aromatic heterocycles. The second kappa shape index (κ2) is 4.33. The number of aryl methyl sites for hydroxylation is 1. The first-order valence-corrected chi connectivity index (χ1v) is 6.29. The predicted molar refractivity (Wildman–Crippen MR) is 64.8 cm³/mol. The minimum absolute atomic E-state index is 0.245. The van der Waals surface area contributed by atoms with E-state index in [1.165, 1.54) is 4.80 Å². The van der Waals surface area contributed by atoms with Gasteiger partial charge in [0.15, 0.2) is 5.82 Å². The summed E-state index contributed by atoms with van der Waals surface area (Å²) in [6.07, 6.45) is 3.62. The highest BCUT2D eigenvalue weighted by atomic mass is 16.4. The van der Waals surface area contributed by atoms with Crippen LogP contribution in [0.15, 0.2) is 0 Å². The van der Waals surface area contributed by atoms with Crippen LogP contribution < -0.4 is 0 Å². The molecule has 1 aliphatic carbocycles. The quantitative estimate of drug-likeness (QED) is 0.880. The molecule has 1 fully saturated rings. The number of hydrogen-bond acceptors (Lipinski definition) is 4. The SMILES string of the molecule is Cn1nnc(CC2(C(=O)O)CCC(C)(C)CC2)n1. The normalized spacial score (nSPS) is 21.7. The summed E-state index contributed by atoms with van der Waals surface area (Å²) in [7, 11) is 1.69. The van der Waals surface area contributed by atoms with Crippen LogP contribution in [0.25, 0.3) is 0 Å². The smallest absolute Gasteiger partial charge is 0.310 e. The summed E-state index contributed by atoms with van der Waals surface area (Å²) >= 11 is 0. The summed E-state index contributed by atoms with van der Waals surface area (Å²) in [5, 5.41) is 21.3. The van der Waals surface area contributed by atoms with Crippen molar-refractivity contribution in [1.82, 2.24) is 20.2 Å². The Bertz CT molecular complexity index is 443. The average Bonchev–Trinajstić information content (AvgIpc) is 2.67. The molecule has 1 heterocycles. The van der Waals surface area contributed by atoms with Crippen LogP contribution >= 0.6 is 0 Å². The molecule has 0 unspecified atom stereocenters. The van der Waals surface area contributed by atoms with Crippen molar-refractivity contribution in [3.63, 3.8) is 0 Å². The molecule has 6 heteroatoms. The molecular formula is C12H20N4O2. The third-order valence-corrected chi connectivity index (χ3v) is 4.06. The van der Waals surface area contributed by atoms with E-state index in [4.69, 9.17) is 0 Å². The maximum absolute atomic E-state index is 11.6. The van der Waals surface area contributed by atoms with Gasteiger partial charge in [0.25, 0.3) is 0 Å². The summed E-state index contributed by atoms with van der Waals surface area (Å²) in [5.74, 6) is -0.204. The Labute approximate surface area is 106 Å². The molecule has 1 aromatic rings. The highest BCUT2D eigenvalue weighted by Crippen LogP contribution is 2.46. The van der Waals surface area contributed by atoms with E-state index < -0.39 is 11.4 Å². The monoisotopic (exact) mass is 252 g/mol. The van der Waals surface area contributed by atoms with Crippen molar-refractivity contribution in [2.75, 3.05) is 0 Å². The van der Waals surface area contributed by atoms with Gasteiger partial charge in [0.05, 0.1) is 12.5 Å². The van der Waals surface area contributed by atoms with Crippen molar-refractivity contribution < 1.29 is 9.90 Å². The van der Waals surface area contributed by atoms with Crippen LogP contribution in [-0.2, 0) is 18.3 Å². The number of carboxylic acid groups (broad SMARTS) is 1. The molecule has 2 rings (SSSR count). The van der Waals surface area contributed by atoms with Gasteiger partial charge in [-0.05, 0) is 36.3 Å². The number of aromatic nitrogens is 4. The number of carbonyl (C=O) groups is 1. The molecule has 0 aromatic carbocycles. The Morgan fingerprint density at radius 3 is 2.39 bits per heavy atom. The molecule has 1 saturated carbocycles. The fourth-order valence-corrected chi connectivity index (χ4v) is 2.57. The number of tetrazole rings is 1. The first-order chi connectivity index (χ1) is 8.33. The summed E-state index contributed by atoms with van der Waals surface area (Å²) < 4.78 is 0. The molecule has 0 atom stereocenters. The van der Waals surface area contributed by atoms with Crippen LogP contribution in [0.4, 0.5) is 0 Å². The predicted octanol–water partition coefficient (Wildman–Crippen LogP) is 1.42. The summed E-state index contributed by atoms with van der Waals surface area (Å²) in [4.78, 5) is 13.0. The van der Waals surface area contributed by atoms with Gasteiger partial charge < -0.3 is 5.11 Å². The highest BCUT2D eigenvalue weighted by molar-refractivity contribution is 5.75. The Morgan fingerprint density at radius 2 is 1.94 bits per heavy atom. The molecule has 1 aliphatic rings. The molecule has 0 aliphatic heterocycles. The lowest BCUT2D eigenvalue weighted by Gasteiger charge is -2.40. The van der Waals surface area contributed by atoms with Gasteiger partial charge in [-0.2, -0.15) is 4.80 Å². The molecule has 0 spiro atoms. The third-order valence-electron chi connectivity index (χ3n) is 4.06. The first-order valence-electron chi connectivity index (χ1n) is 6.29. The lowest BCUT2D eigenvalue weighted by Crippen LogP contribution is -2.39. The molecule has 0 amide bonds. The molecule has 18 heavy (non-hydrogen) atoms. The van der Waals surface area contributed by atoms with Gasteiger partial charge >= 0.3 is 5.97 Å². The Morgan fingerprint density at radius 1 is 1.33 bits per heavy atom. The van der Waals surface area contributed by atoms with Crippen LogP contribution in [0, 0.1) is 10.8 Å². The van der Waals surface area contributed by atoms with Gasteiger partial charge in [-0.25, -0.2) is 0 Å². The number of nitrogens with zero attached hydrogens (tertiary/aromatic N) is 4. The van der Waals surface area contributed by atoms with Crippen LogP contribution in [0.2, 0.25) is 0 Å². The van der Waals surface area contributed by atoms with E-state index in [1.54, 1.807) is 7.05 Å². The van der Waals surface area contributed by atoms with Gasteiger partial charge in [0.2, 0.25) is 0 Å². The average molecular weight is 252 g/mol. The molecule has 0 radical (unpaired) electrons. The lowest BCUT2D eigenvalue weighted by molar-refractivity contribution is -0.152. The largest absolute Gasteiger partial charge is 0.481 e. The van der Waals surface area contributed by atoms with Crippen molar-refractivity contribution in [2.45, 2.75) is 46.0 Å². The minimum atomic E-state index is -0.731. The van der Waals surface area contributed by atoms with Gasteiger partial charge in [-0.3, -0.25) is 4.79 Å². The third kappa shape index (κ3) is 2.52. The summed E-state index contributed by atoms with van der Waals surface area (Å²) in [6.45, 7) is 4.39. The summed E-state index contributed by atoms with van der Waals surface area (Å²) in [5.41, 5.74) is -0.465. The molecule has 0 saturated heterocycles. The second-order valence-electron chi connectivity index (χ2n) is 6.12. The molecule has 1 N–H and O–H groups in total. The number of hydrogen-bond donors (Lipinski definition) is 1. The van der Waals surface area contributed by atoms with E-state index in [0.29, 0.717) is 25.1 Å². The molecular weight excluding hydrogens is 232 g/mol. The molecule has 100 valence electrons. The first kappa shape index (κ1) is 13.0. The Balaban J connectivity index is 2.16. The zero-order valence-electron chi connectivity index (χ0n) is 11.2. The van der Waals surface area contributed by atoms with Crippen molar-refractivity contribution in [2.24, 2.45) is 17.9 Å². The zero-order valence-corrected chi connectivity index (χ0v) is 11.2. The molecule has 6 nitrogen and oxygen atoms in total. The highest BCUT2D eigenvalue weighted by Gasteiger charge is 2.45. The maximum Gasteiger partial charge on any atom is 0.310 e. The minimum Gasteiger partial charge on any atom is -0.481 e. The summed E-state index contributed by atoms with van der Waals surface area (Å²) in [6, 6.07) is 0. The van der Waals surface area contributed by atoms with Crippen molar-refractivity contribution in [3.8, 4) is 0 Å². The second-order valence-corrected chi connectivity index (χ2v) is 6.12. The van der Waals surface area contributed by atoms with Gasteiger partial charge in [-0.15, -0.1) is 10.2 Å². The fraction of sp³-hybridized carbons (Fsp3) is 0.833. The van der Waals surface area contributed by atoms with Crippen molar-refractivity contribution in [1.29, 1.82) is 0 Å². The lowest BCUT2D eigenvalue weighted by atomic mass is 9.64. The van der Waals surface area contributed by atoms with E-state index in [2.05, 4.69) is 29.3 Å². The maximum atomic E-state index is 11.6. The van der Waals surface area contributed by atoms with Crippen LogP contribution in [0.5, 0.6) is 0 Å². The van der Waals surface area contributed by atoms with Crippen LogP contribution in [0.1, 0.15) is 45.4 Å². The molecule has 0 bridgehead atoms. The van der Waals surface area contributed by atoms with E-state index in [0.717, 1.165) is 12.8 Å². The van der Waals surface area contributed by atoms with Crippen molar-refractivity contribution in [3.05, 3.63) is 5.82 Å². The van der Waals surface area contributed by atoms with Crippen molar-refractivity contribution >= 4 is 5.97 Å². The van der Waals surface area contributed by atoms with E-state index in [9.17, 15) is 9.90 Å². The van der Waals surface area contributed by atoms with Gasteiger partial charge in [0, 0.05) is 6.42 Å². The van der Waals surface area contributed by atoms with E-state index in [-0.39, 0.29) is 5.41 Å². The zero-order chi connectivity index (χ0) is 13.4. The van der Waals surface area contributed by atoms with Crippen LogP contribution in [0.3, 0.4) is 0 Å².